The Labute approximate surface area is 116 Å². The van der Waals surface area contributed by atoms with Gasteiger partial charge in [-0.05, 0) is 43.3 Å². The lowest BCUT2D eigenvalue weighted by atomic mass is 10.3. The van der Waals surface area contributed by atoms with E-state index in [2.05, 4.69) is 10.1 Å². The second kappa shape index (κ2) is 5.70. The molecule has 7 heteroatoms. The third kappa shape index (κ3) is 3.54. The van der Waals surface area contributed by atoms with Crippen LogP contribution in [0.2, 0.25) is 0 Å². The second-order valence-electron chi connectivity index (χ2n) is 4.01. The van der Waals surface area contributed by atoms with Crippen molar-refractivity contribution in [1.29, 1.82) is 0 Å². The third-order valence-corrected chi connectivity index (χ3v) is 4.98. The van der Waals surface area contributed by atoms with Crippen LogP contribution in [-0.4, -0.2) is 8.42 Å². The lowest BCUT2D eigenvalue weighted by Gasteiger charge is -2.06. The molecule has 0 unspecified atom stereocenters. The molecule has 0 saturated heterocycles. The predicted molar refractivity (Wildman–Crippen MR) is 77.3 cm³/mol. The van der Waals surface area contributed by atoms with Gasteiger partial charge in [-0.15, -0.1) is 11.3 Å². The van der Waals surface area contributed by atoms with E-state index in [-0.39, 0.29) is 4.90 Å². The number of nitrogens with one attached hydrogen (secondary N) is 2. The van der Waals surface area contributed by atoms with E-state index in [4.69, 9.17) is 5.84 Å². The number of nitrogen functional groups attached to an aromatic ring is 1. The van der Waals surface area contributed by atoms with Crippen LogP contribution in [0.3, 0.4) is 0 Å². The number of rotatable bonds is 5. The van der Waals surface area contributed by atoms with Crippen molar-refractivity contribution >= 4 is 27.0 Å². The van der Waals surface area contributed by atoms with Gasteiger partial charge in [0, 0.05) is 22.0 Å². The van der Waals surface area contributed by atoms with Crippen LogP contribution in [0.15, 0.2) is 41.3 Å². The lowest BCUT2D eigenvalue weighted by Crippen LogP contribution is -2.22. The molecule has 0 aliphatic heterocycles. The predicted octanol–water partition coefficient (Wildman–Crippen LogP) is 1.82. The van der Waals surface area contributed by atoms with Crippen LogP contribution in [0.1, 0.15) is 9.75 Å². The summed E-state index contributed by atoms with van der Waals surface area (Å²) >= 11 is 1.58. The molecule has 0 amide bonds. The topological polar surface area (TPSA) is 84.2 Å². The van der Waals surface area contributed by atoms with Gasteiger partial charge in [0.2, 0.25) is 10.0 Å². The molecule has 0 spiro atoms. The lowest BCUT2D eigenvalue weighted by molar-refractivity contribution is 0.582. The SMILES string of the molecule is Cc1ccc(CNS(=O)(=O)c2ccc(NN)cc2)s1. The highest BCUT2D eigenvalue weighted by Gasteiger charge is 2.13. The van der Waals surface area contributed by atoms with E-state index < -0.39 is 10.0 Å². The Morgan fingerprint density at radius 3 is 2.37 bits per heavy atom. The molecule has 0 atom stereocenters. The average molecular weight is 297 g/mol. The molecule has 2 rings (SSSR count). The smallest absolute Gasteiger partial charge is 0.240 e. The van der Waals surface area contributed by atoms with Gasteiger partial charge >= 0.3 is 0 Å². The summed E-state index contributed by atoms with van der Waals surface area (Å²) in [5.74, 6) is 5.23. The van der Waals surface area contributed by atoms with Gasteiger partial charge in [0.1, 0.15) is 0 Å². The Morgan fingerprint density at radius 1 is 1.16 bits per heavy atom. The molecule has 1 aromatic heterocycles. The number of benzene rings is 1. The Hall–Kier alpha value is -1.41. The van der Waals surface area contributed by atoms with Crippen LogP contribution in [0.25, 0.3) is 0 Å². The molecule has 0 radical (unpaired) electrons. The molecule has 0 aliphatic carbocycles. The summed E-state index contributed by atoms with van der Waals surface area (Å²) in [6.45, 7) is 2.29. The monoisotopic (exact) mass is 297 g/mol. The molecule has 1 aromatic carbocycles. The number of hydrogen-bond donors (Lipinski definition) is 3. The molecule has 5 nitrogen and oxygen atoms in total. The normalized spacial score (nSPS) is 11.5. The fourth-order valence-corrected chi connectivity index (χ4v) is 3.49. The Bertz CT molecular complexity index is 648. The van der Waals surface area contributed by atoms with E-state index in [1.54, 1.807) is 23.5 Å². The van der Waals surface area contributed by atoms with Gasteiger partial charge in [-0.25, -0.2) is 13.1 Å². The van der Waals surface area contributed by atoms with Crippen LogP contribution >= 0.6 is 11.3 Å². The van der Waals surface area contributed by atoms with Crippen molar-refractivity contribution in [2.75, 3.05) is 5.43 Å². The maximum absolute atomic E-state index is 12.1. The molecule has 102 valence electrons. The van der Waals surface area contributed by atoms with Gasteiger partial charge < -0.3 is 5.43 Å². The summed E-state index contributed by atoms with van der Waals surface area (Å²) in [7, 11) is -3.49. The van der Waals surface area contributed by atoms with Crippen molar-refractivity contribution in [2.45, 2.75) is 18.4 Å². The molecule has 4 N–H and O–H groups in total. The molecule has 0 bridgehead atoms. The highest BCUT2D eigenvalue weighted by molar-refractivity contribution is 7.89. The van der Waals surface area contributed by atoms with Crippen molar-refractivity contribution in [3.8, 4) is 0 Å². The van der Waals surface area contributed by atoms with Gasteiger partial charge in [-0.3, -0.25) is 5.84 Å². The molecular formula is C12H15N3O2S2. The zero-order valence-electron chi connectivity index (χ0n) is 10.4. The van der Waals surface area contributed by atoms with Crippen molar-refractivity contribution in [3.63, 3.8) is 0 Å². The van der Waals surface area contributed by atoms with Crippen molar-refractivity contribution in [2.24, 2.45) is 5.84 Å². The number of hydrogen-bond acceptors (Lipinski definition) is 5. The summed E-state index contributed by atoms with van der Waals surface area (Å²) in [4.78, 5) is 2.37. The van der Waals surface area contributed by atoms with Gasteiger partial charge in [0.15, 0.2) is 0 Å². The molecule has 19 heavy (non-hydrogen) atoms. The maximum atomic E-state index is 12.1. The van der Waals surface area contributed by atoms with Gasteiger partial charge in [-0.2, -0.15) is 0 Å². The second-order valence-corrected chi connectivity index (χ2v) is 7.15. The van der Waals surface area contributed by atoms with E-state index in [1.807, 2.05) is 19.1 Å². The largest absolute Gasteiger partial charge is 0.324 e. The van der Waals surface area contributed by atoms with Crippen molar-refractivity contribution < 1.29 is 8.42 Å². The summed E-state index contributed by atoms with van der Waals surface area (Å²) in [6.07, 6.45) is 0. The van der Waals surface area contributed by atoms with Gasteiger partial charge in [-0.1, -0.05) is 0 Å². The molecule has 1 heterocycles. The molecular weight excluding hydrogens is 282 g/mol. The minimum Gasteiger partial charge on any atom is -0.324 e. The summed E-state index contributed by atoms with van der Waals surface area (Å²) in [5.41, 5.74) is 3.11. The number of nitrogens with two attached hydrogens (primary N) is 1. The van der Waals surface area contributed by atoms with E-state index in [9.17, 15) is 8.42 Å². The van der Waals surface area contributed by atoms with E-state index in [1.165, 1.54) is 12.1 Å². The number of aryl methyl sites for hydroxylation is 1. The first kappa shape index (κ1) is 14.0. The first-order valence-corrected chi connectivity index (χ1v) is 7.93. The van der Waals surface area contributed by atoms with Crippen LogP contribution in [0, 0.1) is 6.92 Å². The number of hydrazine groups is 1. The van der Waals surface area contributed by atoms with E-state index in [0.717, 1.165) is 9.75 Å². The van der Waals surface area contributed by atoms with Crippen LogP contribution in [0.5, 0.6) is 0 Å². The summed E-state index contributed by atoms with van der Waals surface area (Å²) in [6, 6.07) is 10.1. The summed E-state index contributed by atoms with van der Waals surface area (Å²) in [5, 5.41) is 0. The molecule has 2 aromatic rings. The zero-order valence-corrected chi connectivity index (χ0v) is 12.0. The maximum Gasteiger partial charge on any atom is 0.240 e. The highest BCUT2D eigenvalue weighted by atomic mass is 32.2. The third-order valence-electron chi connectivity index (χ3n) is 2.56. The molecule has 0 aliphatic rings. The fourth-order valence-electron chi connectivity index (χ4n) is 1.56. The van der Waals surface area contributed by atoms with Crippen LogP contribution in [-0.2, 0) is 16.6 Å². The minimum atomic E-state index is -3.49. The number of thiophene rings is 1. The number of anilines is 1. The minimum absolute atomic E-state index is 0.222. The van der Waals surface area contributed by atoms with E-state index >= 15 is 0 Å². The molecule has 0 fully saturated rings. The standard InChI is InChI=1S/C12H15N3O2S2/c1-9-2-5-11(18-9)8-14-19(16,17)12-6-3-10(15-13)4-7-12/h2-7,14-15H,8,13H2,1H3. The average Bonchev–Trinajstić information content (AvgIpc) is 2.82. The highest BCUT2D eigenvalue weighted by Crippen LogP contribution is 2.17. The van der Waals surface area contributed by atoms with Crippen molar-refractivity contribution in [3.05, 3.63) is 46.2 Å². The Balaban J connectivity index is 2.09. The van der Waals surface area contributed by atoms with Crippen molar-refractivity contribution in [1.82, 2.24) is 4.72 Å². The quantitative estimate of drug-likeness (QED) is 0.580. The van der Waals surface area contributed by atoms with E-state index in [0.29, 0.717) is 12.2 Å². The fraction of sp³-hybridized carbons (Fsp3) is 0.167. The summed E-state index contributed by atoms with van der Waals surface area (Å²) < 4.78 is 26.7. The Morgan fingerprint density at radius 2 is 1.84 bits per heavy atom. The zero-order chi connectivity index (χ0) is 13.9. The van der Waals surface area contributed by atoms with Crippen LogP contribution in [0.4, 0.5) is 5.69 Å². The van der Waals surface area contributed by atoms with Gasteiger partial charge in [0.25, 0.3) is 0 Å². The Kier molecular flexibility index (Phi) is 4.20. The molecule has 0 saturated carbocycles. The van der Waals surface area contributed by atoms with Crippen LogP contribution < -0.4 is 16.0 Å². The van der Waals surface area contributed by atoms with Gasteiger partial charge in [0.05, 0.1) is 4.90 Å². The first-order chi connectivity index (χ1) is 9.01. The number of sulfonamides is 1. The first-order valence-electron chi connectivity index (χ1n) is 5.63.